The molecule has 134 valence electrons. The van der Waals surface area contributed by atoms with Gasteiger partial charge in [0.25, 0.3) is 0 Å². The predicted molar refractivity (Wildman–Crippen MR) is 87.8 cm³/mol. The fourth-order valence-corrected chi connectivity index (χ4v) is 1.71. The SMILES string of the molecule is CCCC(=O)OCOC(=O)NCCCC(=O)Oc1ccc(Cl)cc1.[H-].[Na+]. The van der Waals surface area contributed by atoms with E-state index in [9.17, 15) is 14.4 Å². The van der Waals surface area contributed by atoms with E-state index in [0.717, 1.165) is 0 Å². The van der Waals surface area contributed by atoms with Gasteiger partial charge in [0.1, 0.15) is 5.75 Å². The number of nitrogens with one attached hydrogen (secondary N) is 1. The zero-order valence-corrected chi connectivity index (χ0v) is 17.1. The van der Waals surface area contributed by atoms with Crippen molar-refractivity contribution in [2.45, 2.75) is 32.6 Å². The summed E-state index contributed by atoms with van der Waals surface area (Å²) in [5.41, 5.74) is 0. The van der Waals surface area contributed by atoms with Crippen LogP contribution in [0.1, 0.15) is 34.0 Å². The summed E-state index contributed by atoms with van der Waals surface area (Å²) in [4.78, 5) is 33.9. The van der Waals surface area contributed by atoms with Crippen LogP contribution >= 0.6 is 11.6 Å². The quantitative estimate of drug-likeness (QED) is 0.215. The van der Waals surface area contributed by atoms with Gasteiger partial charge in [0.15, 0.2) is 0 Å². The van der Waals surface area contributed by atoms with Crippen molar-refractivity contribution in [1.82, 2.24) is 5.32 Å². The fraction of sp³-hybridized carbons (Fsp3) is 0.438. The van der Waals surface area contributed by atoms with Gasteiger partial charge in [-0.25, -0.2) is 4.79 Å². The van der Waals surface area contributed by atoms with Crippen molar-refractivity contribution < 1.29 is 59.6 Å². The van der Waals surface area contributed by atoms with Crippen LogP contribution in [0.15, 0.2) is 24.3 Å². The Morgan fingerprint density at radius 2 is 1.76 bits per heavy atom. The Morgan fingerprint density at radius 1 is 1.08 bits per heavy atom. The van der Waals surface area contributed by atoms with E-state index in [0.29, 0.717) is 23.6 Å². The Bertz CT molecular complexity index is 558. The van der Waals surface area contributed by atoms with Crippen molar-refractivity contribution in [3.8, 4) is 5.75 Å². The van der Waals surface area contributed by atoms with Crippen molar-refractivity contribution in [3.63, 3.8) is 0 Å². The van der Waals surface area contributed by atoms with Gasteiger partial charge in [-0.2, -0.15) is 0 Å². The molecule has 0 aromatic heterocycles. The summed E-state index contributed by atoms with van der Waals surface area (Å²) in [6.07, 6.45) is 0.744. The second kappa shape index (κ2) is 13.9. The normalized spacial score (nSPS) is 9.52. The third-order valence-corrected chi connectivity index (χ3v) is 2.99. The number of benzene rings is 1. The van der Waals surface area contributed by atoms with Crippen molar-refractivity contribution in [1.29, 1.82) is 0 Å². The minimum Gasteiger partial charge on any atom is -1.00 e. The molecule has 0 heterocycles. The van der Waals surface area contributed by atoms with Gasteiger partial charge in [0.2, 0.25) is 6.79 Å². The van der Waals surface area contributed by atoms with Crippen LogP contribution in [-0.4, -0.2) is 31.4 Å². The summed E-state index contributed by atoms with van der Waals surface area (Å²) >= 11 is 5.73. The van der Waals surface area contributed by atoms with Crippen LogP contribution < -0.4 is 39.6 Å². The minimum atomic E-state index is -0.717. The van der Waals surface area contributed by atoms with E-state index < -0.39 is 24.8 Å². The maximum Gasteiger partial charge on any atom is 1.00 e. The first-order valence-corrected chi connectivity index (χ1v) is 7.91. The van der Waals surface area contributed by atoms with Crippen LogP contribution in [0.3, 0.4) is 0 Å². The van der Waals surface area contributed by atoms with E-state index in [1.165, 1.54) is 0 Å². The third-order valence-electron chi connectivity index (χ3n) is 2.74. The maximum atomic E-state index is 11.6. The number of alkyl carbamates (subject to hydrolysis) is 1. The molecule has 0 bridgehead atoms. The van der Waals surface area contributed by atoms with Crippen molar-refractivity contribution in [2.75, 3.05) is 13.3 Å². The molecule has 1 aromatic carbocycles. The van der Waals surface area contributed by atoms with Crippen molar-refractivity contribution in [3.05, 3.63) is 29.3 Å². The van der Waals surface area contributed by atoms with E-state index in [1.807, 2.05) is 6.92 Å². The van der Waals surface area contributed by atoms with E-state index >= 15 is 0 Å². The average Bonchev–Trinajstić information content (AvgIpc) is 2.54. The molecule has 9 heteroatoms. The summed E-state index contributed by atoms with van der Waals surface area (Å²) in [7, 11) is 0. The molecule has 1 aromatic rings. The maximum absolute atomic E-state index is 11.6. The second-order valence-corrected chi connectivity index (χ2v) is 5.21. The number of carbonyl (C=O) groups excluding carboxylic acids is 3. The Labute approximate surface area is 175 Å². The number of hydrogen-bond acceptors (Lipinski definition) is 6. The van der Waals surface area contributed by atoms with Crippen LogP contribution in [0.5, 0.6) is 5.75 Å². The molecular weight excluding hydrogens is 361 g/mol. The molecule has 1 amide bonds. The average molecular weight is 382 g/mol. The topological polar surface area (TPSA) is 90.9 Å². The summed E-state index contributed by atoms with van der Waals surface area (Å²) in [6.45, 7) is 1.65. The van der Waals surface area contributed by atoms with Crippen LogP contribution in [0, 0.1) is 0 Å². The number of rotatable bonds is 9. The summed E-state index contributed by atoms with van der Waals surface area (Å²) < 4.78 is 14.4. The monoisotopic (exact) mass is 381 g/mol. The fourth-order valence-electron chi connectivity index (χ4n) is 1.58. The number of carbonyl (C=O) groups is 3. The van der Waals surface area contributed by atoms with Gasteiger partial charge in [-0.05, 0) is 37.1 Å². The van der Waals surface area contributed by atoms with Crippen LogP contribution in [-0.2, 0) is 19.1 Å². The molecular formula is C16H21ClNNaO6. The first kappa shape index (κ1) is 23.7. The first-order chi connectivity index (χ1) is 11.5. The third kappa shape index (κ3) is 11.8. The zero-order valence-electron chi connectivity index (χ0n) is 15.4. The first-order valence-electron chi connectivity index (χ1n) is 7.53. The van der Waals surface area contributed by atoms with Crippen LogP contribution in [0.25, 0.3) is 0 Å². The van der Waals surface area contributed by atoms with Gasteiger partial charge in [-0.1, -0.05) is 18.5 Å². The molecule has 0 aliphatic rings. The number of ether oxygens (including phenoxy) is 3. The Kier molecular flexibility index (Phi) is 13.2. The van der Waals surface area contributed by atoms with Crippen molar-refractivity contribution >= 4 is 29.6 Å². The molecule has 0 saturated carbocycles. The van der Waals surface area contributed by atoms with E-state index in [1.54, 1.807) is 24.3 Å². The van der Waals surface area contributed by atoms with Gasteiger partial charge >= 0.3 is 47.6 Å². The molecule has 0 fully saturated rings. The molecule has 25 heavy (non-hydrogen) atoms. The summed E-state index contributed by atoms with van der Waals surface area (Å²) in [6, 6.07) is 6.43. The van der Waals surface area contributed by atoms with Crippen LogP contribution in [0.4, 0.5) is 4.79 Å². The number of amides is 1. The molecule has 0 unspecified atom stereocenters. The number of halogens is 1. The minimum absolute atomic E-state index is 0. The van der Waals surface area contributed by atoms with Gasteiger partial charge in [-0.15, -0.1) is 0 Å². The molecule has 0 saturated heterocycles. The zero-order chi connectivity index (χ0) is 17.8. The standard InChI is InChI=1S/C16H20ClNO6.Na.H/c1-2-4-14(19)22-11-23-16(21)18-10-3-5-15(20)24-13-8-6-12(17)7-9-13;;/h6-9H,2-5,10-11H2,1H3,(H,18,21);;/q;+1;-1. The molecule has 0 radical (unpaired) electrons. The number of esters is 2. The predicted octanol–water partition coefficient (Wildman–Crippen LogP) is 0.169. The van der Waals surface area contributed by atoms with Gasteiger partial charge in [0.05, 0.1) is 0 Å². The Balaban J connectivity index is 0. The molecule has 1 rings (SSSR count). The molecule has 0 aliphatic heterocycles. The van der Waals surface area contributed by atoms with Gasteiger partial charge in [-0.3, -0.25) is 9.59 Å². The number of hydrogen-bond donors (Lipinski definition) is 1. The second-order valence-electron chi connectivity index (χ2n) is 4.77. The molecule has 7 nitrogen and oxygen atoms in total. The molecule has 0 spiro atoms. The summed E-state index contributed by atoms with van der Waals surface area (Å²) in [5, 5.41) is 2.99. The van der Waals surface area contributed by atoms with E-state index in [4.69, 9.17) is 16.3 Å². The Hall–Kier alpha value is -1.28. The molecule has 0 aliphatic carbocycles. The van der Waals surface area contributed by atoms with Crippen molar-refractivity contribution in [2.24, 2.45) is 0 Å². The Morgan fingerprint density at radius 3 is 2.40 bits per heavy atom. The van der Waals surface area contributed by atoms with E-state index in [2.05, 4.69) is 14.8 Å². The molecule has 1 N–H and O–H groups in total. The van der Waals surface area contributed by atoms with Gasteiger partial charge in [0, 0.05) is 24.4 Å². The van der Waals surface area contributed by atoms with E-state index in [-0.39, 0.29) is 50.4 Å². The summed E-state index contributed by atoms with van der Waals surface area (Å²) in [5.74, 6) is -0.429. The molecule has 0 atom stereocenters. The van der Waals surface area contributed by atoms with Gasteiger partial charge < -0.3 is 21.0 Å². The largest absolute Gasteiger partial charge is 1.00 e. The van der Waals surface area contributed by atoms with Crippen LogP contribution in [0.2, 0.25) is 5.02 Å². The smallest absolute Gasteiger partial charge is 1.00 e.